The molecule has 106 valence electrons. The number of aliphatic hydroxyl groups excluding tert-OH is 1. The van der Waals surface area contributed by atoms with E-state index >= 15 is 0 Å². The van der Waals surface area contributed by atoms with Crippen LogP contribution in [0.3, 0.4) is 0 Å². The average molecular weight is 336 g/mol. The van der Waals surface area contributed by atoms with E-state index in [2.05, 4.69) is 21.1 Å². The van der Waals surface area contributed by atoms with Gasteiger partial charge in [-0.1, -0.05) is 47.1 Å². The minimum atomic E-state index is -0.263. The largest absolute Gasteiger partial charge is 0.395 e. The summed E-state index contributed by atoms with van der Waals surface area (Å²) in [5, 5.41) is 13.4. The van der Waals surface area contributed by atoms with Crippen molar-refractivity contribution in [3.8, 4) is 11.3 Å². The van der Waals surface area contributed by atoms with Gasteiger partial charge in [0.05, 0.1) is 12.3 Å². The molecule has 2 rings (SSSR count). The number of nitrogens with zero attached hydrogens (tertiary/aromatic N) is 1. The minimum Gasteiger partial charge on any atom is -0.395 e. The summed E-state index contributed by atoms with van der Waals surface area (Å²) in [5.74, 6) is 0.750. The lowest BCUT2D eigenvalue weighted by Gasteiger charge is -2.15. The molecule has 0 unspecified atom stereocenters. The first-order valence-corrected chi connectivity index (χ1v) is 7.24. The van der Waals surface area contributed by atoms with Crippen molar-refractivity contribution in [2.24, 2.45) is 5.41 Å². The number of halogens is 1. The molecule has 0 fully saturated rings. The lowest BCUT2D eigenvalue weighted by atomic mass is 9.93. The molecule has 4 heteroatoms. The molecule has 1 aromatic carbocycles. The normalized spacial score (nSPS) is 12.2. The van der Waals surface area contributed by atoms with Gasteiger partial charge in [0, 0.05) is 21.0 Å². The van der Waals surface area contributed by atoms with Crippen molar-refractivity contribution in [1.29, 1.82) is 0 Å². The number of hydrogen-bond donors (Lipinski definition) is 1. The molecule has 2 aromatic rings. The lowest BCUT2D eigenvalue weighted by molar-refractivity contribution is 0.200. The summed E-state index contributed by atoms with van der Waals surface area (Å²) in [6, 6.07) is 7.91. The monoisotopic (exact) mass is 335 g/mol. The van der Waals surface area contributed by atoms with Gasteiger partial charge in [-0.2, -0.15) is 0 Å². The van der Waals surface area contributed by atoms with E-state index in [1.165, 1.54) is 0 Å². The van der Waals surface area contributed by atoms with Crippen LogP contribution in [0.1, 0.15) is 25.1 Å². The van der Waals surface area contributed by atoms with E-state index in [9.17, 15) is 5.11 Å². The van der Waals surface area contributed by atoms with E-state index < -0.39 is 0 Å². The molecule has 0 aliphatic carbocycles. The van der Waals surface area contributed by atoms with Gasteiger partial charge in [0.2, 0.25) is 0 Å². The molecule has 0 atom stereocenters. The SMILES string of the molecule is Cc1noc(-c2ccc(Br)cc2)c1C=CC(C)(C)CO. The van der Waals surface area contributed by atoms with Crippen LogP contribution in [-0.2, 0) is 0 Å². The molecule has 3 nitrogen and oxygen atoms in total. The summed E-state index contributed by atoms with van der Waals surface area (Å²) in [6.07, 6.45) is 3.95. The summed E-state index contributed by atoms with van der Waals surface area (Å²) >= 11 is 3.42. The Morgan fingerprint density at radius 3 is 2.55 bits per heavy atom. The Morgan fingerprint density at radius 1 is 1.30 bits per heavy atom. The summed E-state index contributed by atoms with van der Waals surface area (Å²) in [5.41, 5.74) is 2.51. The zero-order chi connectivity index (χ0) is 14.8. The van der Waals surface area contributed by atoms with Gasteiger partial charge in [0.15, 0.2) is 5.76 Å². The molecule has 20 heavy (non-hydrogen) atoms. The van der Waals surface area contributed by atoms with Crippen molar-refractivity contribution in [3.63, 3.8) is 0 Å². The Bertz CT molecular complexity index is 612. The Morgan fingerprint density at radius 2 is 1.95 bits per heavy atom. The van der Waals surface area contributed by atoms with Gasteiger partial charge in [-0.3, -0.25) is 0 Å². The van der Waals surface area contributed by atoms with Crippen molar-refractivity contribution in [1.82, 2.24) is 5.16 Å². The van der Waals surface area contributed by atoms with Crippen LogP contribution in [0, 0.1) is 12.3 Å². The quantitative estimate of drug-likeness (QED) is 0.898. The van der Waals surface area contributed by atoms with Crippen molar-refractivity contribution in [2.45, 2.75) is 20.8 Å². The Labute approximate surface area is 127 Å². The van der Waals surface area contributed by atoms with Gasteiger partial charge in [0.1, 0.15) is 0 Å². The summed E-state index contributed by atoms with van der Waals surface area (Å²) in [6.45, 7) is 5.97. The maximum atomic E-state index is 9.31. The zero-order valence-electron chi connectivity index (χ0n) is 11.9. The number of aliphatic hydroxyl groups is 1. The fraction of sp³-hybridized carbons (Fsp3) is 0.312. The number of benzene rings is 1. The van der Waals surface area contributed by atoms with Gasteiger partial charge in [-0.25, -0.2) is 0 Å². The highest BCUT2D eigenvalue weighted by molar-refractivity contribution is 9.10. The van der Waals surface area contributed by atoms with E-state index in [0.717, 1.165) is 27.1 Å². The average Bonchev–Trinajstić information content (AvgIpc) is 2.79. The highest BCUT2D eigenvalue weighted by Crippen LogP contribution is 2.29. The van der Waals surface area contributed by atoms with E-state index in [-0.39, 0.29) is 12.0 Å². The zero-order valence-corrected chi connectivity index (χ0v) is 13.4. The molecular formula is C16H18BrNO2. The van der Waals surface area contributed by atoms with Crippen LogP contribution >= 0.6 is 15.9 Å². The van der Waals surface area contributed by atoms with Crippen LogP contribution < -0.4 is 0 Å². The molecular weight excluding hydrogens is 318 g/mol. The molecule has 1 heterocycles. The van der Waals surface area contributed by atoms with E-state index in [4.69, 9.17) is 4.52 Å². The van der Waals surface area contributed by atoms with Gasteiger partial charge in [-0.05, 0) is 31.2 Å². The smallest absolute Gasteiger partial charge is 0.174 e. The maximum Gasteiger partial charge on any atom is 0.174 e. The van der Waals surface area contributed by atoms with E-state index in [1.54, 1.807) is 0 Å². The molecule has 0 saturated heterocycles. The van der Waals surface area contributed by atoms with Crippen LogP contribution in [0.25, 0.3) is 17.4 Å². The molecule has 0 aliphatic rings. The summed E-state index contributed by atoms with van der Waals surface area (Å²) in [7, 11) is 0. The molecule has 1 aromatic heterocycles. The summed E-state index contributed by atoms with van der Waals surface area (Å²) in [4.78, 5) is 0. The van der Waals surface area contributed by atoms with Crippen molar-refractivity contribution >= 4 is 22.0 Å². The van der Waals surface area contributed by atoms with Crippen molar-refractivity contribution in [2.75, 3.05) is 6.61 Å². The standard InChI is InChI=1S/C16H18BrNO2/c1-11-14(8-9-16(2,3)10-19)15(20-18-11)12-4-6-13(17)7-5-12/h4-9,19H,10H2,1-3H3. The molecule has 0 spiro atoms. The van der Waals surface area contributed by atoms with Crippen LogP contribution in [-0.4, -0.2) is 16.9 Å². The number of rotatable bonds is 4. The second-order valence-electron chi connectivity index (χ2n) is 5.50. The second-order valence-corrected chi connectivity index (χ2v) is 6.41. The fourth-order valence-electron chi connectivity index (χ4n) is 1.74. The highest BCUT2D eigenvalue weighted by Gasteiger charge is 2.16. The third kappa shape index (κ3) is 3.38. The molecule has 0 bridgehead atoms. The molecule has 0 aliphatic heterocycles. The van der Waals surface area contributed by atoms with Gasteiger partial charge in [0.25, 0.3) is 0 Å². The van der Waals surface area contributed by atoms with Crippen LogP contribution in [0.2, 0.25) is 0 Å². The van der Waals surface area contributed by atoms with Gasteiger partial charge in [-0.15, -0.1) is 0 Å². The molecule has 1 N–H and O–H groups in total. The predicted molar refractivity (Wildman–Crippen MR) is 84.3 cm³/mol. The lowest BCUT2D eigenvalue weighted by Crippen LogP contribution is -2.12. The molecule has 0 saturated carbocycles. The second kappa shape index (κ2) is 5.94. The number of aromatic nitrogens is 1. The van der Waals surface area contributed by atoms with Crippen molar-refractivity contribution < 1.29 is 9.63 Å². The first-order chi connectivity index (χ1) is 9.43. The number of hydrogen-bond acceptors (Lipinski definition) is 3. The summed E-state index contributed by atoms with van der Waals surface area (Å²) < 4.78 is 6.47. The third-order valence-electron chi connectivity index (χ3n) is 3.12. The minimum absolute atomic E-state index is 0.0987. The van der Waals surface area contributed by atoms with E-state index in [0.29, 0.717) is 0 Å². The Kier molecular flexibility index (Phi) is 4.45. The maximum absolute atomic E-state index is 9.31. The molecule has 0 radical (unpaired) electrons. The Hall–Kier alpha value is -1.39. The van der Waals surface area contributed by atoms with Crippen LogP contribution in [0.5, 0.6) is 0 Å². The van der Waals surface area contributed by atoms with E-state index in [1.807, 2.05) is 57.2 Å². The first-order valence-electron chi connectivity index (χ1n) is 6.45. The third-order valence-corrected chi connectivity index (χ3v) is 3.65. The van der Waals surface area contributed by atoms with Gasteiger partial charge >= 0.3 is 0 Å². The van der Waals surface area contributed by atoms with Crippen molar-refractivity contribution in [3.05, 3.63) is 46.1 Å². The van der Waals surface area contributed by atoms with Crippen LogP contribution in [0.4, 0.5) is 0 Å². The topological polar surface area (TPSA) is 46.3 Å². The Balaban J connectivity index is 2.40. The highest BCUT2D eigenvalue weighted by atomic mass is 79.9. The fourth-order valence-corrected chi connectivity index (χ4v) is 2.01. The number of aryl methyl sites for hydroxylation is 1. The van der Waals surface area contributed by atoms with Gasteiger partial charge < -0.3 is 9.63 Å². The molecule has 0 amide bonds. The predicted octanol–water partition coefficient (Wildman–Crippen LogP) is 4.44. The van der Waals surface area contributed by atoms with Crippen LogP contribution in [0.15, 0.2) is 39.3 Å². The first kappa shape index (κ1) is 15.0.